The number of hydrogen-bond donors (Lipinski definition) is 0. The lowest BCUT2D eigenvalue weighted by molar-refractivity contribution is -0.190. The van der Waals surface area contributed by atoms with Crippen LogP contribution in [0.3, 0.4) is 0 Å². The van der Waals surface area contributed by atoms with Gasteiger partial charge in [-0.25, -0.2) is 0 Å². The third kappa shape index (κ3) is 11.5. The summed E-state index contributed by atoms with van der Waals surface area (Å²) in [4.78, 5) is 23.5. The van der Waals surface area contributed by atoms with Crippen molar-refractivity contribution in [1.29, 1.82) is 10.5 Å². The molecule has 0 aromatic carbocycles. The molecule has 0 radical (unpaired) electrons. The number of ether oxygens (including phenoxy) is 2. The Kier molecular flexibility index (Phi) is 20.0. The number of alkyl halides is 6. The number of nitrogens with zero attached hydrogens (tertiary/aromatic N) is 2. The molecular formula is C74H100F6N2O28S8. The predicted molar refractivity (Wildman–Crippen MR) is 394 cm³/mol. The Bertz CT molecular complexity index is 5290. The van der Waals surface area contributed by atoms with Crippen LogP contribution in [0.15, 0.2) is 0 Å². The van der Waals surface area contributed by atoms with Crippen LogP contribution in [0.25, 0.3) is 0 Å². The Balaban J connectivity index is 0.0000000967. The predicted octanol–water partition coefficient (Wildman–Crippen LogP) is 7.02. The number of rotatable bonds is 2. The smallest absolute Gasteiger partial charge is 0.410 e. The first-order valence-corrected chi connectivity index (χ1v) is 52.4. The van der Waals surface area contributed by atoms with Crippen LogP contribution < -0.4 is 0 Å². The molecule has 24 aliphatic rings. The Labute approximate surface area is 684 Å². The van der Waals surface area contributed by atoms with Crippen molar-refractivity contribution in [2.45, 2.75) is 247 Å². The summed E-state index contributed by atoms with van der Waals surface area (Å²) in [5.41, 5.74) is 0. The average molecular weight is 1840 g/mol. The Morgan fingerprint density at radius 3 is 1.28 bits per heavy atom. The Morgan fingerprint density at radius 2 is 0.780 bits per heavy atom. The van der Waals surface area contributed by atoms with E-state index in [1.54, 1.807) is 13.8 Å². The number of halogens is 6. The van der Waals surface area contributed by atoms with Crippen molar-refractivity contribution >= 4 is 92.9 Å². The van der Waals surface area contributed by atoms with Crippen LogP contribution >= 0.6 is 0 Å². The van der Waals surface area contributed by atoms with Crippen molar-refractivity contribution in [2.24, 2.45) is 166 Å². The number of carbonyl (C=O) groups is 2. The first-order chi connectivity index (χ1) is 54.4. The standard InChI is InChI=1S/2C10H14O5S.2C9H11F3O3S.2C9H11NO3S.2C9H14O3S/c1-5-6-3-7-8(5)15-16(12,13)10(7,4-6)9(11)14-2;1-4-5-3-6-8(4)15-16(12,13)9(6)7(5)10(11)14-2;1-4-5-2-6-7(4)15-16(13,14)8(6,3-5)9(10,11)12;1-3-4-2-5-7(3)15-16(13,14)8(5)6(4)9(10,11)12;1-5-6-2-7-8(5)13-14(11,12)9(7,3-6)4-10;1-4-5-2-6-8(4)13-14(11,12)9(6)7(5)3-10;1-5-6-3-7-8(5)12-13(10,11)9(7,2)4-6;1-4-6-3-7-8(4)12-13(10,11)9(7)5(6)2/h5-8H,3-4H2,1-2H3;4-9H,3H2,1-2H3;4-7H,2-3H2,1H3;3-8H,2H2,1H3;5-8H,2-3H2,1H3;4-9H,2H2,1H3;5-8H,3-4H2,1-2H3;4-9H,3H2,1-2H3. The Hall–Kier alpha value is -3.22. The van der Waals surface area contributed by atoms with E-state index in [4.69, 9.17) is 48.7 Å². The van der Waals surface area contributed by atoms with Gasteiger partial charge in [0.2, 0.25) is 0 Å². The number of methoxy groups -OCH3 is 2. The zero-order chi connectivity index (χ0) is 86.2. The van der Waals surface area contributed by atoms with E-state index in [2.05, 4.69) is 31.6 Å². The van der Waals surface area contributed by atoms with Crippen molar-refractivity contribution in [1.82, 2.24) is 0 Å². The van der Waals surface area contributed by atoms with Crippen molar-refractivity contribution in [3.63, 3.8) is 0 Å². The molecular weight excluding hydrogens is 1740 g/mol. The lowest BCUT2D eigenvalue weighted by atomic mass is 9.79. The summed E-state index contributed by atoms with van der Waals surface area (Å²) in [6.45, 7) is 19.6. The highest BCUT2D eigenvalue weighted by atomic mass is 32.3. The van der Waals surface area contributed by atoms with Gasteiger partial charge in [0.15, 0.2) is 14.2 Å². The fourth-order valence-electron chi connectivity index (χ4n) is 29.4. The van der Waals surface area contributed by atoms with E-state index in [0.29, 0.717) is 73.0 Å². The van der Waals surface area contributed by atoms with E-state index in [1.807, 2.05) is 40.7 Å². The molecule has 44 atom stereocenters. The van der Waals surface area contributed by atoms with Crippen molar-refractivity contribution in [3.05, 3.63) is 0 Å². The summed E-state index contributed by atoms with van der Waals surface area (Å²) < 4.78 is 309. The third-order valence-corrected chi connectivity index (χ3v) is 50.6. The number of fused-ring (bicyclic) bond motifs is 8. The van der Waals surface area contributed by atoms with E-state index in [1.165, 1.54) is 14.2 Å². The van der Waals surface area contributed by atoms with Crippen LogP contribution in [-0.2, 0) is 133 Å². The fourth-order valence-corrected chi connectivity index (χ4v) is 45.9. The van der Waals surface area contributed by atoms with Crippen LogP contribution in [0.4, 0.5) is 26.3 Å². The molecule has 118 heavy (non-hydrogen) atoms. The van der Waals surface area contributed by atoms with Crippen LogP contribution in [0, 0.1) is 188 Å². The summed E-state index contributed by atoms with van der Waals surface area (Å²) in [5.74, 6) is -1.56. The van der Waals surface area contributed by atoms with Gasteiger partial charge in [-0.1, -0.05) is 62.3 Å². The summed E-state index contributed by atoms with van der Waals surface area (Å²) in [6, 6.07) is 4.15. The second-order valence-electron chi connectivity index (χ2n) is 39.2. The average Bonchev–Trinajstić information content (AvgIpc) is 1.48. The van der Waals surface area contributed by atoms with E-state index in [-0.39, 0.29) is 137 Å². The highest BCUT2D eigenvalue weighted by Crippen LogP contribution is 2.71. The molecule has 0 aromatic heterocycles. The number of carbonyl (C=O) groups excluding carboxylic acids is 2. The van der Waals surface area contributed by atoms with Gasteiger partial charge in [0, 0.05) is 47.3 Å². The maximum Gasteiger partial charge on any atom is 0.410 e. The quantitative estimate of drug-likeness (QED) is 0.152. The third-order valence-electron chi connectivity index (χ3n) is 35.1. The fraction of sp³-hybridized carbons (Fsp3) is 0.946. The molecule has 0 N–H and O–H groups in total. The SMILES string of the molecule is CC1C2CC3C1OS(=O)(=O)C3(C#N)C2.CC1C2CC3C1OS(=O)(=O)C3(C(F)(F)F)C2.CC1C2CC3C1OS(=O)(=O)C3(C)C2.CC1C2CC3C1OS(=O)(=O)C3C2C.CC1C2CC3C1OS(=O)(=O)C3C2C#N.CC1C2CC3C1OS(=O)(=O)C3C2C(F)(F)F.COC(=O)C12CC3CC1C(OS2(=O)=O)C3C.COC(=O)C1C2CC3C(OS(=O)(=O)C31)C2C. The number of nitriles is 2. The second kappa shape index (κ2) is 27.2. The van der Waals surface area contributed by atoms with Crippen molar-refractivity contribution in [3.8, 4) is 12.1 Å². The first-order valence-electron chi connectivity index (χ1n) is 40.9. The normalized spacial score (nSPS) is 55.8. The molecule has 24 rings (SSSR count). The molecule has 30 nitrogen and oxygen atoms in total. The van der Waals surface area contributed by atoms with Crippen LogP contribution in [0.2, 0.25) is 0 Å². The highest BCUT2D eigenvalue weighted by Gasteiger charge is 2.83. The summed E-state index contributed by atoms with van der Waals surface area (Å²) >= 11 is 0. The highest BCUT2D eigenvalue weighted by molar-refractivity contribution is 7.90. The maximum atomic E-state index is 13.1. The monoisotopic (exact) mass is 1830 g/mol. The molecule has 16 saturated carbocycles. The summed E-state index contributed by atoms with van der Waals surface area (Å²) in [5, 5.41) is 15.3. The number of esters is 2. The van der Waals surface area contributed by atoms with Gasteiger partial charge in [0.25, 0.3) is 80.9 Å². The van der Waals surface area contributed by atoms with Crippen LogP contribution in [-0.4, -0.2) is 195 Å². The van der Waals surface area contributed by atoms with Gasteiger partial charge >= 0.3 is 24.3 Å². The van der Waals surface area contributed by atoms with Crippen molar-refractivity contribution in [2.75, 3.05) is 14.2 Å². The molecule has 44 unspecified atom stereocenters. The largest absolute Gasteiger partial charge is 0.469 e. The molecule has 16 aliphatic carbocycles. The number of hydrogen-bond acceptors (Lipinski definition) is 30. The van der Waals surface area contributed by atoms with E-state index in [9.17, 15) is 103 Å². The topological polar surface area (TPSA) is 447 Å². The minimum atomic E-state index is -4.72. The maximum absolute atomic E-state index is 13.1. The zero-order valence-electron chi connectivity index (χ0n) is 66.4. The van der Waals surface area contributed by atoms with Gasteiger partial charge in [-0.05, 0) is 185 Å². The molecule has 16 bridgehead atoms. The molecule has 24 fully saturated rings. The van der Waals surface area contributed by atoms with Gasteiger partial charge < -0.3 is 9.47 Å². The molecule has 8 aliphatic heterocycles. The minimum absolute atomic E-state index is 0.00546. The zero-order valence-corrected chi connectivity index (χ0v) is 73.0. The van der Waals surface area contributed by atoms with E-state index >= 15 is 0 Å². The molecule has 0 spiro atoms. The van der Waals surface area contributed by atoms with Gasteiger partial charge in [-0.15, -0.1) is 0 Å². The minimum Gasteiger partial charge on any atom is -0.469 e. The Morgan fingerprint density at radius 1 is 0.381 bits per heavy atom. The second-order valence-corrected chi connectivity index (χ2v) is 53.6. The van der Waals surface area contributed by atoms with Gasteiger partial charge in [0.1, 0.15) is 20.5 Å². The van der Waals surface area contributed by atoms with Gasteiger partial charge in [-0.2, -0.15) is 104 Å². The lowest BCUT2D eigenvalue weighted by Gasteiger charge is -2.32. The van der Waals surface area contributed by atoms with Crippen molar-refractivity contribution < 1.29 is 146 Å². The molecule has 0 amide bonds. The molecule has 44 heteroatoms. The van der Waals surface area contributed by atoms with Gasteiger partial charge in [-0.3, -0.25) is 43.1 Å². The van der Waals surface area contributed by atoms with E-state index in [0.717, 1.165) is 44.9 Å². The first kappa shape index (κ1) is 86.9. The molecule has 8 heterocycles. The van der Waals surface area contributed by atoms with Gasteiger partial charge in [0.05, 0.1) is 98.2 Å². The van der Waals surface area contributed by atoms with E-state index < -0.39 is 182 Å². The summed E-state index contributed by atoms with van der Waals surface area (Å²) in [7, 11) is -26.9. The summed E-state index contributed by atoms with van der Waals surface area (Å²) in [6.07, 6.45) is -3.96. The van der Waals surface area contributed by atoms with Crippen LogP contribution in [0.5, 0.6) is 0 Å². The van der Waals surface area contributed by atoms with Crippen LogP contribution in [0.1, 0.15) is 146 Å². The lowest BCUT2D eigenvalue weighted by Crippen LogP contribution is -2.53. The molecule has 664 valence electrons. The molecule has 8 saturated heterocycles. The molecule has 0 aromatic rings.